The monoisotopic (exact) mass is 387 g/mol. The third-order valence-electron chi connectivity index (χ3n) is 5.18. The van der Waals surface area contributed by atoms with Crippen LogP contribution in [-0.4, -0.2) is 112 Å². The third kappa shape index (κ3) is 2.57. The first kappa shape index (κ1) is 22.6. The highest BCUT2D eigenvalue weighted by molar-refractivity contribution is 6.65. The lowest BCUT2D eigenvalue weighted by atomic mass is 9.26. The summed E-state index contributed by atoms with van der Waals surface area (Å²) in [7, 11) is 45.4. The van der Waals surface area contributed by atoms with Crippen molar-refractivity contribution in [2.45, 2.75) is 22.1 Å². The Morgan fingerprint density at radius 3 is 2.13 bits per heavy atom. The van der Waals surface area contributed by atoms with Gasteiger partial charge in [0.25, 0.3) is 13.9 Å². The molecule has 0 spiro atoms. The zero-order chi connectivity index (χ0) is 23.1. The van der Waals surface area contributed by atoms with Gasteiger partial charge in [-0.05, 0) is 11.3 Å². The molecule has 0 aliphatic carbocycles. The second-order valence-corrected chi connectivity index (χ2v) is 7.05. The minimum absolute atomic E-state index is 0.0363. The third-order valence-corrected chi connectivity index (χ3v) is 5.18. The largest absolute Gasteiger partial charge is 0.507 e. The van der Waals surface area contributed by atoms with Crippen LogP contribution in [0.4, 0.5) is 5.69 Å². The van der Waals surface area contributed by atoms with E-state index in [0.29, 0.717) is 0 Å². The van der Waals surface area contributed by atoms with Gasteiger partial charge < -0.3 is 30.1 Å². The SMILES string of the molecule is [B]c1cc(O)c2c(c1N([B])O)C([B])(O)N(C1C(=O)N([B])C(=O)C([B])([B])C1([B])[B])C2=O. The molecule has 2 heterocycles. The molecule has 1 saturated heterocycles. The molecule has 1 fully saturated rings. The fourth-order valence-electron chi connectivity index (χ4n) is 3.58. The minimum Gasteiger partial charge on any atom is -0.507 e. The number of piperidine rings is 1. The highest BCUT2D eigenvalue weighted by atomic mass is 16.5. The Hall–Kier alpha value is -2.13. The number of carbonyl (C=O) groups is 3. The van der Waals surface area contributed by atoms with Crippen LogP contribution in [0.5, 0.6) is 5.75 Å². The summed E-state index contributed by atoms with van der Waals surface area (Å²) in [6, 6.07) is -1.39. The van der Waals surface area contributed by atoms with Crippen molar-refractivity contribution in [3.8, 4) is 5.75 Å². The molecule has 9 nitrogen and oxygen atoms in total. The summed E-state index contributed by atoms with van der Waals surface area (Å²) < 4.78 is 0. The maximum Gasteiger partial charge on any atom is 0.271 e. The fourth-order valence-corrected chi connectivity index (χ4v) is 3.58. The molecule has 2 aliphatic heterocycles. The Morgan fingerprint density at radius 2 is 1.63 bits per heavy atom. The lowest BCUT2D eigenvalue weighted by Crippen LogP contribution is -2.70. The van der Waals surface area contributed by atoms with Crippen LogP contribution in [-0.2, 0) is 15.2 Å². The number of carbonyl (C=O) groups excluding carboxylic acids is 3. The summed E-state index contributed by atoms with van der Waals surface area (Å²) in [6.45, 7) is 0. The summed E-state index contributed by atoms with van der Waals surface area (Å²) in [5, 5.41) is 25.5. The lowest BCUT2D eigenvalue weighted by Gasteiger charge is -2.57. The zero-order valence-corrected chi connectivity index (χ0v) is 15.2. The van der Waals surface area contributed by atoms with E-state index in [1.165, 1.54) is 0 Å². The first-order chi connectivity index (χ1) is 13.5. The molecule has 16 radical (unpaired) electrons. The van der Waals surface area contributed by atoms with Gasteiger partial charge in [-0.1, -0.05) is 10.7 Å². The molecule has 0 saturated carbocycles. The molecule has 3 amide bonds. The van der Waals surface area contributed by atoms with E-state index in [9.17, 15) is 29.8 Å². The second kappa shape index (κ2) is 6.43. The molecule has 0 aromatic heterocycles. The average Bonchev–Trinajstić information content (AvgIpc) is 2.80. The zero-order valence-electron chi connectivity index (χ0n) is 15.2. The normalized spacial score (nSPS) is 27.3. The van der Waals surface area contributed by atoms with Crippen molar-refractivity contribution in [3.63, 3.8) is 0 Å². The molecule has 2 aliphatic rings. The number of imide groups is 1. The van der Waals surface area contributed by atoms with Crippen molar-refractivity contribution in [1.29, 1.82) is 0 Å². The molecule has 132 valence electrons. The maximum atomic E-state index is 13.1. The van der Waals surface area contributed by atoms with Crippen LogP contribution in [0, 0.1) is 0 Å². The lowest BCUT2D eigenvalue weighted by molar-refractivity contribution is -0.152. The minimum atomic E-state index is -3.02. The number of amides is 3. The van der Waals surface area contributed by atoms with Gasteiger partial charge in [0.1, 0.15) is 25.3 Å². The number of nitrogens with zero attached hydrogens (tertiary/aromatic N) is 3. The van der Waals surface area contributed by atoms with Gasteiger partial charge in [0.2, 0.25) is 19.8 Å². The van der Waals surface area contributed by atoms with Crippen LogP contribution in [0.25, 0.3) is 0 Å². The molecular formula is C13H5B8N3O6. The molecular weight excluding hydrogens is 381 g/mol. The Morgan fingerprint density at radius 1 is 1.10 bits per heavy atom. The van der Waals surface area contributed by atoms with Crippen molar-refractivity contribution in [2.24, 2.45) is 0 Å². The first-order valence-electron chi connectivity index (χ1n) is 8.04. The topological polar surface area (TPSA) is 122 Å². The standard InChI is InChI=1S/C13H5B8N3O6/c14-2-1-3(25)4-5(6(2)24(21)30)13(19,29)22(8(4)26)7-9(27)23(20)10(28)12(17,18)11(7,15)16/h1,7,25,29-30H. The smallest absolute Gasteiger partial charge is 0.271 e. The quantitative estimate of drug-likeness (QED) is 0.264. The summed E-state index contributed by atoms with van der Waals surface area (Å²) in [4.78, 5) is 38.2. The molecule has 0 bridgehead atoms. The van der Waals surface area contributed by atoms with E-state index < -0.39 is 67.8 Å². The van der Waals surface area contributed by atoms with E-state index in [4.69, 9.17) is 63.0 Å². The van der Waals surface area contributed by atoms with Crippen LogP contribution in [0.3, 0.4) is 0 Å². The maximum absolute atomic E-state index is 13.1. The summed E-state index contributed by atoms with van der Waals surface area (Å²) in [6.07, 6.45) is 0. The first-order valence-corrected chi connectivity index (χ1v) is 8.04. The van der Waals surface area contributed by atoms with Crippen LogP contribution in [0.2, 0.25) is 10.4 Å². The molecule has 30 heavy (non-hydrogen) atoms. The number of aliphatic hydroxyl groups is 1. The van der Waals surface area contributed by atoms with E-state index in [1.807, 2.05) is 0 Å². The number of hydrogen-bond acceptors (Lipinski definition) is 7. The summed E-state index contributed by atoms with van der Waals surface area (Å²) in [5.41, 5.74) is -5.40. The molecule has 1 aromatic carbocycles. The van der Waals surface area contributed by atoms with Gasteiger partial charge in [-0.25, -0.2) is 0 Å². The predicted octanol–water partition coefficient (Wildman–Crippen LogP) is -5.08. The van der Waals surface area contributed by atoms with Crippen LogP contribution in [0.15, 0.2) is 6.07 Å². The van der Waals surface area contributed by atoms with Crippen molar-refractivity contribution < 1.29 is 29.8 Å². The highest BCUT2D eigenvalue weighted by Crippen LogP contribution is 2.55. The van der Waals surface area contributed by atoms with E-state index in [2.05, 4.69) is 0 Å². The van der Waals surface area contributed by atoms with E-state index in [-0.39, 0.29) is 14.7 Å². The van der Waals surface area contributed by atoms with Crippen LogP contribution in [0.1, 0.15) is 15.9 Å². The Labute approximate surface area is 181 Å². The Bertz CT molecular complexity index is 1000. The summed E-state index contributed by atoms with van der Waals surface area (Å²) >= 11 is 0. The molecule has 17 heteroatoms. The summed E-state index contributed by atoms with van der Waals surface area (Å²) in [5.74, 6) is -4.88. The van der Waals surface area contributed by atoms with Gasteiger partial charge in [0.15, 0.2) is 7.85 Å². The number of benzene rings is 1. The van der Waals surface area contributed by atoms with E-state index in [0.717, 1.165) is 6.07 Å². The predicted molar refractivity (Wildman–Crippen MR) is 109 cm³/mol. The van der Waals surface area contributed by atoms with E-state index in [1.54, 1.807) is 0 Å². The van der Waals surface area contributed by atoms with Crippen molar-refractivity contribution in [2.75, 3.05) is 4.97 Å². The number of anilines is 1. The second-order valence-electron chi connectivity index (χ2n) is 7.05. The molecule has 3 rings (SSSR count). The number of aromatic hydroxyl groups is 1. The molecule has 2 atom stereocenters. The van der Waals surface area contributed by atoms with Gasteiger partial charge in [-0.3, -0.25) is 14.4 Å². The van der Waals surface area contributed by atoms with Gasteiger partial charge in [-0.15, -0.1) is 0 Å². The average molecular weight is 386 g/mol. The number of rotatable bonds is 2. The van der Waals surface area contributed by atoms with Gasteiger partial charge in [0, 0.05) is 11.3 Å². The van der Waals surface area contributed by atoms with E-state index >= 15 is 0 Å². The number of fused-ring (bicyclic) bond motifs is 1. The number of phenols is 1. The molecule has 2 unspecified atom stereocenters. The van der Waals surface area contributed by atoms with Crippen molar-refractivity contribution in [1.82, 2.24) is 9.71 Å². The van der Waals surface area contributed by atoms with Crippen LogP contribution >= 0.6 is 0 Å². The highest BCUT2D eigenvalue weighted by Gasteiger charge is 2.62. The van der Waals surface area contributed by atoms with Gasteiger partial charge >= 0.3 is 0 Å². The number of phenolic OH excluding ortho intramolecular Hbond substituents is 1. The van der Waals surface area contributed by atoms with Gasteiger partial charge in [0.05, 0.1) is 36.9 Å². The fraction of sp³-hybridized carbons (Fsp3) is 0.308. The number of hydrogen-bond donors (Lipinski definition) is 3. The Kier molecular flexibility index (Phi) is 4.84. The molecule has 1 aromatic rings. The van der Waals surface area contributed by atoms with Crippen LogP contribution < -0.4 is 10.4 Å². The van der Waals surface area contributed by atoms with Crippen molar-refractivity contribution in [3.05, 3.63) is 17.2 Å². The Balaban J connectivity index is 2.32. The van der Waals surface area contributed by atoms with Crippen molar-refractivity contribution >= 4 is 91.9 Å². The molecule has 3 N–H and O–H groups in total. The van der Waals surface area contributed by atoms with Gasteiger partial charge in [-0.2, -0.15) is 0 Å².